The quantitative estimate of drug-likeness (QED) is 0.684. The van der Waals surface area contributed by atoms with Crippen molar-refractivity contribution in [2.75, 3.05) is 0 Å². The largest absolute Gasteiger partial charge is 0.260 e. The third-order valence-corrected chi connectivity index (χ3v) is 2.49. The average Bonchev–Trinajstić information content (AvgIpc) is 2.49. The van der Waals surface area contributed by atoms with Gasteiger partial charge in [0.25, 0.3) is 0 Å². The van der Waals surface area contributed by atoms with Crippen LogP contribution in [-0.2, 0) is 0 Å². The Morgan fingerprint density at radius 3 is 1.61 bits per heavy atom. The minimum absolute atomic E-state index is 0.749. The van der Waals surface area contributed by atoms with Crippen LogP contribution in [0.4, 0.5) is 0 Å². The second-order valence-electron chi connectivity index (χ2n) is 3.72. The molecule has 0 spiro atoms. The summed E-state index contributed by atoms with van der Waals surface area (Å²) in [6.45, 7) is 0. The van der Waals surface area contributed by atoms with E-state index in [4.69, 9.17) is 0 Å². The molecule has 0 aliphatic rings. The van der Waals surface area contributed by atoms with Gasteiger partial charge in [-0.05, 0) is 24.3 Å². The van der Waals surface area contributed by atoms with Gasteiger partial charge in [0.1, 0.15) is 11.4 Å². The summed E-state index contributed by atoms with van der Waals surface area (Å²) in [4.78, 5) is 17.2. The fourth-order valence-electron chi connectivity index (χ4n) is 1.64. The normalized spacial score (nSPS) is 10.2. The molecule has 0 fully saturated rings. The lowest BCUT2D eigenvalue weighted by Gasteiger charge is -2.02. The Kier molecular flexibility index (Phi) is 2.75. The van der Waals surface area contributed by atoms with Gasteiger partial charge in [-0.15, -0.1) is 0 Å². The molecule has 0 unspecified atom stereocenters. The van der Waals surface area contributed by atoms with Gasteiger partial charge in [-0.25, -0.2) is 4.98 Å². The van der Waals surface area contributed by atoms with E-state index in [1.165, 1.54) is 0 Å². The zero-order chi connectivity index (χ0) is 12.2. The molecule has 0 aliphatic carbocycles. The maximum atomic E-state index is 4.53. The van der Waals surface area contributed by atoms with Crippen LogP contribution < -0.4 is 0 Å². The van der Waals surface area contributed by atoms with Gasteiger partial charge in [-0.2, -0.15) is 0 Å². The van der Waals surface area contributed by atoms with E-state index in [0.717, 1.165) is 22.8 Å². The average molecular weight is 234 g/mol. The molecule has 3 aromatic rings. The Hall–Kier alpha value is -2.62. The van der Waals surface area contributed by atoms with Crippen LogP contribution in [-0.4, -0.2) is 19.9 Å². The molecule has 3 heterocycles. The van der Waals surface area contributed by atoms with Crippen molar-refractivity contribution in [3.8, 4) is 22.8 Å². The molecule has 0 radical (unpaired) electrons. The molecule has 0 bridgehead atoms. The fourth-order valence-corrected chi connectivity index (χ4v) is 1.64. The van der Waals surface area contributed by atoms with Crippen molar-refractivity contribution in [3.05, 3.63) is 61.2 Å². The van der Waals surface area contributed by atoms with E-state index in [0.29, 0.717) is 0 Å². The zero-order valence-electron chi connectivity index (χ0n) is 9.56. The first kappa shape index (κ1) is 10.5. The summed E-state index contributed by atoms with van der Waals surface area (Å²) in [5.41, 5.74) is 3.11. The predicted octanol–water partition coefficient (Wildman–Crippen LogP) is 2.60. The van der Waals surface area contributed by atoms with Crippen LogP contribution in [0.5, 0.6) is 0 Å². The predicted molar refractivity (Wildman–Crippen MR) is 68.5 cm³/mol. The standard InChI is InChI=1S/C14H10N4/c1-3-7-16-11(5-1)13-9-15-10-14(18-13)12-6-2-4-8-17-12/h1-10H. The Morgan fingerprint density at radius 1 is 0.611 bits per heavy atom. The molecule has 0 saturated carbocycles. The van der Waals surface area contributed by atoms with Gasteiger partial charge < -0.3 is 0 Å². The number of rotatable bonds is 2. The van der Waals surface area contributed by atoms with Gasteiger partial charge >= 0.3 is 0 Å². The second-order valence-corrected chi connectivity index (χ2v) is 3.72. The van der Waals surface area contributed by atoms with Gasteiger partial charge in [-0.1, -0.05) is 12.1 Å². The van der Waals surface area contributed by atoms with E-state index in [-0.39, 0.29) is 0 Å². The van der Waals surface area contributed by atoms with Gasteiger partial charge in [-0.3, -0.25) is 15.0 Å². The third-order valence-electron chi connectivity index (χ3n) is 2.49. The molecule has 0 amide bonds. The number of hydrogen-bond acceptors (Lipinski definition) is 4. The molecule has 86 valence electrons. The number of hydrogen-bond donors (Lipinski definition) is 0. The maximum absolute atomic E-state index is 4.53. The molecule has 0 aliphatic heterocycles. The van der Waals surface area contributed by atoms with Crippen LogP contribution >= 0.6 is 0 Å². The minimum Gasteiger partial charge on any atom is -0.260 e. The number of pyridine rings is 2. The summed E-state index contributed by atoms with van der Waals surface area (Å²) in [6.07, 6.45) is 6.89. The molecule has 0 atom stereocenters. The molecule has 4 nitrogen and oxygen atoms in total. The Morgan fingerprint density at radius 2 is 1.17 bits per heavy atom. The number of aromatic nitrogens is 4. The monoisotopic (exact) mass is 234 g/mol. The summed E-state index contributed by atoms with van der Waals surface area (Å²) in [5.74, 6) is 0. The first-order chi connectivity index (χ1) is 8.93. The highest BCUT2D eigenvalue weighted by Crippen LogP contribution is 2.17. The van der Waals surface area contributed by atoms with Gasteiger partial charge in [0.15, 0.2) is 0 Å². The lowest BCUT2D eigenvalue weighted by Crippen LogP contribution is -1.92. The smallest absolute Gasteiger partial charge is 0.108 e. The van der Waals surface area contributed by atoms with Gasteiger partial charge in [0, 0.05) is 12.4 Å². The van der Waals surface area contributed by atoms with Crippen molar-refractivity contribution in [2.45, 2.75) is 0 Å². The fraction of sp³-hybridized carbons (Fsp3) is 0. The molecule has 3 rings (SSSR count). The van der Waals surface area contributed by atoms with Crippen LogP contribution in [0.25, 0.3) is 22.8 Å². The van der Waals surface area contributed by atoms with E-state index in [2.05, 4.69) is 19.9 Å². The van der Waals surface area contributed by atoms with Crippen molar-refractivity contribution in [1.82, 2.24) is 19.9 Å². The molecule has 0 N–H and O–H groups in total. The summed E-state index contributed by atoms with van der Waals surface area (Å²) in [6, 6.07) is 11.4. The minimum atomic E-state index is 0.749. The Labute approximate surface area is 104 Å². The van der Waals surface area contributed by atoms with E-state index in [1.807, 2.05) is 36.4 Å². The topological polar surface area (TPSA) is 51.6 Å². The lowest BCUT2D eigenvalue weighted by molar-refractivity contribution is 1.16. The van der Waals surface area contributed by atoms with Crippen molar-refractivity contribution >= 4 is 0 Å². The first-order valence-corrected chi connectivity index (χ1v) is 5.58. The molecule has 4 heteroatoms. The summed E-state index contributed by atoms with van der Waals surface area (Å²) < 4.78 is 0. The SMILES string of the molecule is c1ccc(-c2cncc(-c3ccccn3)n2)nc1. The lowest BCUT2D eigenvalue weighted by atomic mass is 10.2. The highest BCUT2D eigenvalue weighted by atomic mass is 14.9. The zero-order valence-corrected chi connectivity index (χ0v) is 9.56. The molecule has 3 aromatic heterocycles. The van der Waals surface area contributed by atoms with Crippen molar-refractivity contribution in [3.63, 3.8) is 0 Å². The van der Waals surface area contributed by atoms with E-state index < -0.39 is 0 Å². The second kappa shape index (κ2) is 4.71. The third kappa shape index (κ3) is 2.08. The van der Waals surface area contributed by atoms with E-state index in [9.17, 15) is 0 Å². The molecular weight excluding hydrogens is 224 g/mol. The van der Waals surface area contributed by atoms with Crippen molar-refractivity contribution in [2.24, 2.45) is 0 Å². The maximum Gasteiger partial charge on any atom is 0.108 e. The molecule has 18 heavy (non-hydrogen) atoms. The summed E-state index contributed by atoms with van der Waals surface area (Å²) in [7, 11) is 0. The van der Waals surface area contributed by atoms with E-state index in [1.54, 1.807) is 24.8 Å². The van der Waals surface area contributed by atoms with Crippen molar-refractivity contribution in [1.29, 1.82) is 0 Å². The summed E-state index contributed by atoms with van der Waals surface area (Å²) in [5, 5.41) is 0. The Bertz CT molecular complexity index is 583. The van der Waals surface area contributed by atoms with Crippen molar-refractivity contribution < 1.29 is 0 Å². The summed E-state index contributed by atoms with van der Waals surface area (Å²) >= 11 is 0. The molecule has 0 aromatic carbocycles. The van der Waals surface area contributed by atoms with Crippen LogP contribution in [0.2, 0.25) is 0 Å². The van der Waals surface area contributed by atoms with Gasteiger partial charge in [0.2, 0.25) is 0 Å². The van der Waals surface area contributed by atoms with Crippen LogP contribution in [0.1, 0.15) is 0 Å². The van der Waals surface area contributed by atoms with E-state index >= 15 is 0 Å². The molecular formula is C14H10N4. The first-order valence-electron chi connectivity index (χ1n) is 5.58. The highest BCUT2D eigenvalue weighted by molar-refractivity contribution is 5.59. The number of nitrogens with zero attached hydrogens (tertiary/aromatic N) is 4. The highest BCUT2D eigenvalue weighted by Gasteiger charge is 2.04. The van der Waals surface area contributed by atoms with Gasteiger partial charge in [0.05, 0.1) is 23.8 Å². The van der Waals surface area contributed by atoms with Crippen LogP contribution in [0.15, 0.2) is 61.2 Å². The Balaban J connectivity index is 2.05. The molecule has 0 saturated heterocycles. The van der Waals surface area contributed by atoms with Crippen LogP contribution in [0.3, 0.4) is 0 Å². The van der Waals surface area contributed by atoms with Crippen LogP contribution in [0, 0.1) is 0 Å².